The molecule has 2 heterocycles. The van der Waals surface area contributed by atoms with Crippen molar-refractivity contribution in [3.05, 3.63) is 35.7 Å². The normalized spacial score (nSPS) is 10.6. The maximum Gasteiger partial charge on any atom is 0.262 e. The van der Waals surface area contributed by atoms with Gasteiger partial charge in [-0.3, -0.25) is 0 Å². The Morgan fingerprint density at radius 2 is 2.16 bits per heavy atom. The van der Waals surface area contributed by atoms with E-state index in [-0.39, 0.29) is 11.6 Å². The number of benzene rings is 1. The van der Waals surface area contributed by atoms with Crippen molar-refractivity contribution in [1.82, 2.24) is 10.1 Å². The molecule has 0 bridgehead atoms. The Labute approximate surface area is 113 Å². The lowest BCUT2D eigenvalue weighted by Gasteiger charge is -2.04. The molecule has 6 heteroatoms. The van der Waals surface area contributed by atoms with E-state index in [0.29, 0.717) is 17.1 Å². The van der Waals surface area contributed by atoms with Crippen LogP contribution in [0.4, 0.5) is 0 Å². The van der Waals surface area contributed by atoms with E-state index in [1.165, 1.54) is 18.4 Å². The second-order valence-electron chi connectivity index (χ2n) is 3.76. The smallest absolute Gasteiger partial charge is 0.262 e. The number of thiophene rings is 1. The highest BCUT2D eigenvalue weighted by atomic mass is 32.1. The van der Waals surface area contributed by atoms with Gasteiger partial charge < -0.3 is 14.4 Å². The summed E-state index contributed by atoms with van der Waals surface area (Å²) in [7, 11) is 1.49. The average Bonchev–Trinajstić information content (AvgIpc) is 3.09. The average molecular weight is 274 g/mol. The number of ether oxygens (including phenoxy) is 1. The molecule has 3 aromatic rings. The Morgan fingerprint density at radius 1 is 1.26 bits per heavy atom. The molecule has 0 saturated heterocycles. The molecule has 19 heavy (non-hydrogen) atoms. The first-order valence-electron chi connectivity index (χ1n) is 5.53. The molecular weight excluding hydrogens is 264 g/mol. The van der Waals surface area contributed by atoms with Crippen molar-refractivity contribution in [3.63, 3.8) is 0 Å². The van der Waals surface area contributed by atoms with Crippen LogP contribution >= 0.6 is 11.3 Å². The summed E-state index contributed by atoms with van der Waals surface area (Å²) in [6.45, 7) is 0. The number of aromatic nitrogens is 2. The molecule has 3 rings (SSSR count). The lowest BCUT2D eigenvalue weighted by atomic mass is 10.2. The summed E-state index contributed by atoms with van der Waals surface area (Å²) >= 11 is 1.52. The third kappa shape index (κ3) is 2.06. The Hall–Kier alpha value is -2.34. The number of aromatic hydroxyl groups is 1. The van der Waals surface area contributed by atoms with Crippen molar-refractivity contribution in [1.29, 1.82) is 0 Å². The van der Waals surface area contributed by atoms with Gasteiger partial charge in [-0.1, -0.05) is 17.3 Å². The van der Waals surface area contributed by atoms with Gasteiger partial charge in [0.15, 0.2) is 11.5 Å². The molecule has 0 aliphatic carbocycles. The van der Waals surface area contributed by atoms with E-state index in [1.54, 1.807) is 18.2 Å². The first-order valence-corrected chi connectivity index (χ1v) is 6.41. The monoisotopic (exact) mass is 274 g/mol. The van der Waals surface area contributed by atoms with Gasteiger partial charge in [0, 0.05) is 0 Å². The van der Waals surface area contributed by atoms with Crippen LogP contribution in [-0.4, -0.2) is 22.4 Å². The van der Waals surface area contributed by atoms with Gasteiger partial charge >= 0.3 is 0 Å². The van der Waals surface area contributed by atoms with E-state index in [1.807, 2.05) is 17.5 Å². The number of hydrogen-bond acceptors (Lipinski definition) is 6. The summed E-state index contributed by atoms with van der Waals surface area (Å²) in [5.74, 6) is 1.13. The fourth-order valence-electron chi connectivity index (χ4n) is 1.70. The topological polar surface area (TPSA) is 68.4 Å². The molecule has 0 saturated carbocycles. The lowest BCUT2D eigenvalue weighted by molar-refractivity contribution is 0.371. The fourth-order valence-corrected chi connectivity index (χ4v) is 2.35. The van der Waals surface area contributed by atoms with Gasteiger partial charge in [0.25, 0.3) is 5.89 Å². The van der Waals surface area contributed by atoms with Crippen LogP contribution in [0.5, 0.6) is 11.5 Å². The van der Waals surface area contributed by atoms with E-state index >= 15 is 0 Å². The van der Waals surface area contributed by atoms with Gasteiger partial charge in [-0.2, -0.15) is 4.98 Å². The quantitative estimate of drug-likeness (QED) is 0.794. The molecular formula is C13H10N2O3S. The Morgan fingerprint density at radius 3 is 2.89 bits per heavy atom. The van der Waals surface area contributed by atoms with Crippen LogP contribution < -0.4 is 4.74 Å². The minimum Gasteiger partial charge on any atom is -0.504 e. The summed E-state index contributed by atoms with van der Waals surface area (Å²) in [6.07, 6.45) is 0. The summed E-state index contributed by atoms with van der Waals surface area (Å²) in [6, 6.07) is 8.94. The molecule has 96 valence electrons. The molecule has 0 fully saturated rings. The lowest BCUT2D eigenvalue weighted by Crippen LogP contribution is -1.86. The third-order valence-corrected chi connectivity index (χ3v) is 3.48. The van der Waals surface area contributed by atoms with E-state index in [0.717, 1.165) is 4.88 Å². The predicted molar refractivity (Wildman–Crippen MR) is 71.3 cm³/mol. The molecule has 0 aliphatic rings. The first-order chi connectivity index (χ1) is 9.29. The minimum atomic E-state index is -0.00798. The maximum absolute atomic E-state index is 10.0. The van der Waals surface area contributed by atoms with E-state index in [9.17, 15) is 5.11 Å². The van der Waals surface area contributed by atoms with Crippen LogP contribution in [0.15, 0.2) is 40.2 Å². The minimum absolute atomic E-state index is 0.00798. The number of rotatable bonds is 3. The fraction of sp³-hybridized carbons (Fsp3) is 0.0769. The highest BCUT2D eigenvalue weighted by molar-refractivity contribution is 7.13. The largest absolute Gasteiger partial charge is 0.504 e. The van der Waals surface area contributed by atoms with Crippen molar-refractivity contribution in [2.45, 2.75) is 0 Å². The number of nitrogens with zero attached hydrogens (tertiary/aromatic N) is 2. The second-order valence-corrected chi connectivity index (χ2v) is 4.70. The number of phenols is 1. The van der Waals surface area contributed by atoms with Gasteiger partial charge in [-0.25, -0.2) is 0 Å². The van der Waals surface area contributed by atoms with Crippen LogP contribution in [0.2, 0.25) is 0 Å². The summed E-state index contributed by atoms with van der Waals surface area (Å²) in [5.41, 5.74) is 0.453. The van der Waals surface area contributed by atoms with E-state index in [4.69, 9.17) is 9.26 Å². The maximum atomic E-state index is 10.0. The molecule has 0 atom stereocenters. The van der Waals surface area contributed by atoms with Crippen LogP contribution in [0.1, 0.15) is 0 Å². The SMILES string of the molecule is COc1cccc(-c2nc(-c3cccs3)no2)c1O. The van der Waals surface area contributed by atoms with Gasteiger partial charge in [0.05, 0.1) is 17.6 Å². The molecule has 0 amide bonds. The summed E-state index contributed by atoms with van der Waals surface area (Å²) < 4.78 is 10.2. The van der Waals surface area contributed by atoms with Crippen LogP contribution in [0.25, 0.3) is 22.2 Å². The van der Waals surface area contributed by atoms with Crippen molar-refractivity contribution in [3.8, 4) is 33.7 Å². The van der Waals surface area contributed by atoms with Crippen molar-refractivity contribution in [2.24, 2.45) is 0 Å². The number of hydrogen-bond donors (Lipinski definition) is 1. The second kappa shape index (κ2) is 4.74. The first kappa shape index (κ1) is 11.7. The highest BCUT2D eigenvalue weighted by Gasteiger charge is 2.16. The Kier molecular flexibility index (Phi) is 2.92. The predicted octanol–water partition coefficient (Wildman–Crippen LogP) is 3.18. The summed E-state index contributed by atoms with van der Waals surface area (Å²) in [5, 5.41) is 15.9. The van der Waals surface area contributed by atoms with Crippen LogP contribution in [-0.2, 0) is 0 Å². The zero-order valence-electron chi connectivity index (χ0n) is 10.0. The molecule has 0 radical (unpaired) electrons. The van der Waals surface area contributed by atoms with Gasteiger partial charge in [-0.05, 0) is 23.6 Å². The van der Waals surface area contributed by atoms with Crippen molar-refractivity contribution < 1.29 is 14.4 Å². The molecule has 1 aromatic carbocycles. The van der Waals surface area contributed by atoms with E-state index in [2.05, 4.69) is 10.1 Å². The zero-order chi connectivity index (χ0) is 13.2. The molecule has 0 spiro atoms. The third-order valence-electron chi connectivity index (χ3n) is 2.62. The number of phenolic OH excluding ortho intramolecular Hbond substituents is 1. The molecule has 1 N–H and O–H groups in total. The number of methoxy groups -OCH3 is 1. The molecule has 5 nitrogen and oxygen atoms in total. The van der Waals surface area contributed by atoms with Crippen LogP contribution in [0.3, 0.4) is 0 Å². The Balaban J connectivity index is 2.04. The number of para-hydroxylation sites is 1. The van der Waals surface area contributed by atoms with Gasteiger partial charge in [-0.15, -0.1) is 11.3 Å². The van der Waals surface area contributed by atoms with Crippen molar-refractivity contribution >= 4 is 11.3 Å². The highest BCUT2D eigenvalue weighted by Crippen LogP contribution is 2.36. The molecule has 2 aromatic heterocycles. The zero-order valence-corrected chi connectivity index (χ0v) is 10.8. The van der Waals surface area contributed by atoms with Crippen LogP contribution in [0, 0.1) is 0 Å². The van der Waals surface area contributed by atoms with Gasteiger partial charge in [0.2, 0.25) is 5.82 Å². The van der Waals surface area contributed by atoms with Crippen molar-refractivity contribution in [2.75, 3.05) is 7.11 Å². The molecule has 0 aliphatic heterocycles. The van der Waals surface area contributed by atoms with E-state index < -0.39 is 0 Å². The standard InChI is InChI=1S/C13H10N2O3S/c1-17-9-5-2-4-8(11(9)16)13-14-12(15-18-13)10-6-3-7-19-10/h2-7,16H,1H3. The van der Waals surface area contributed by atoms with Gasteiger partial charge in [0.1, 0.15) is 0 Å². The Bertz CT molecular complexity index is 692. The summed E-state index contributed by atoms with van der Waals surface area (Å²) in [4.78, 5) is 5.19. The molecule has 0 unspecified atom stereocenters.